The topological polar surface area (TPSA) is 86.3 Å². The van der Waals surface area contributed by atoms with Crippen LogP contribution in [0, 0.1) is 5.92 Å². The molecule has 1 aromatic heterocycles. The van der Waals surface area contributed by atoms with Crippen LogP contribution in [0.15, 0.2) is 36.4 Å². The van der Waals surface area contributed by atoms with E-state index in [4.69, 9.17) is 5.11 Å². The average Bonchev–Trinajstić information content (AvgIpc) is 3.16. The fraction of sp³-hybridized carbons (Fsp3) is 0.312. The highest BCUT2D eigenvalue weighted by molar-refractivity contribution is 5.95. The number of H-pyrrole nitrogens is 1. The number of carboxylic acids is 1. The maximum atomic E-state index is 14.2. The number of rotatable bonds is 4. The summed E-state index contributed by atoms with van der Waals surface area (Å²) in [6.45, 7) is 0.301. The number of carbonyl (C=O) groups is 2. The summed E-state index contributed by atoms with van der Waals surface area (Å²) in [6.07, 6.45) is -0.538. The minimum atomic E-state index is -1.19. The van der Waals surface area contributed by atoms with E-state index >= 15 is 0 Å². The monoisotopic (exact) mass is 317 g/mol. The summed E-state index contributed by atoms with van der Waals surface area (Å²) >= 11 is 0. The first kappa shape index (κ1) is 15.2. The Labute approximate surface area is 131 Å². The van der Waals surface area contributed by atoms with Gasteiger partial charge >= 0.3 is 5.97 Å². The molecule has 23 heavy (non-hydrogen) atoms. The summed E-state index contributed by atoms with van der Waals surface area (Å²) < 4.78 is 14.2. The lowest BCUT2D eigenvalue weighted by Crippen LogP contribution is -2.29. The predicted octanol–water partition coefficient (Wildman–Crippen LogP) is 1.76. The zero-order valence-electron chi connectivity index (χ0n) is 12.3. The molecule has 2 N–H and O–H groups in total. The largest absolute Gasteiger partial charge is 0.477 e. The lowest BCUT2D eigenvalue weighted by molar-refractivity contribution is 0.0690. The first-order chi connectivity index (χ1) is 11.0. The van der Waals surface area contributed by atoms with Crippen molar-refractivity contribution >= 4 is 11.9 Å². The number of carboxylic acid groups (broad SMARTS) is 1. The molecule has 6 nitrogen and oxygen atoms in total. The maximum absolute atomic E-state index is 14.2. The van der Waals surface area contributed by atoms with Crippen molar-refractivity contribution in [2.45, 2.75) is 12.6 Å². The highest BCUT2D eigenvalue weighted by Gasteiger charge is 2.36. The second kappa shape index (κ2) is 6.20. The molecule has 1 aliphatic heterocycles. The molecule has 0 saturated carbocycles. The Morgan fingerprint density at radius 2 is 2.04 bits per heavy atom. The van der Waals surface area contributed by atoms with Crippen LogP contribution >= 0.6 is 0 Å². The Hall–Kier alpha value is -2.70. The molecule has 1 fully saturated rings. The number of amides is 1. The summed E-state index contributed by atoms with van der Waals surface area (Å²) in [5.74, 6) is -1.91. The van der Waals surface area contributed by atoms with Gasteiger partial charge < -0.3 is 10.0 Å². The normalized spacial score (nSPS) is 20.7. The minimum absolute atomic E-state index is 0.00467. The Balaban J connectivity index is 1.67. The number of aromatic amines is 1. The smallest absolute Gasteiger partial charge is 0.353 e. The number of alkyl halides is 1. The number of hydrogen-bond donors (Lipinski definition) is 2. The van der Waals surface area contributed by atoms with Crippen LogP contribution in [0.2, 0.25) is 0 Å². The fourth-order valence-corrected chi connectivity index (χ4v) is 2.81. The maximum Gasteiger partial charge on any atom is 0.353 e. The average molecular weight is 317 g/mol. The van der Waals surface area contributed by atoms with Crippen LogP contribution in [-0.2, 0) is 6.42 Å². The van der Waals surface area contributed by atoms with Gasteiger partial charge in [0.1, 0.15) is 11.9 Å². The van der Waals surface area contributed by atoms with E-state index in [0.717, 1.165) is 5.56 Å². The van der Waals surface area contributed by atoms with Crippen LogP contribution in [0.25, 0.3) is 0 Å². The summed E-state index contributed by atoms with van der Waals surface area (Å²) in [5.41, 5.74) is 0.863. The van der Waals surface area contributed by atoms with Crippen molar-refractivity contribution in [3.63, 3.8) is 0 Å². The van der Waals surface area contributed by atoms with E-state index in [9.17, 15) is 14.0 Å². The Bertz CT molecular complexity index is 716. The van der Waals surface area contributed by atoms with Gasteiger partial charge in [0.25, 0.3) is 5.91 Å². The van der Waals surface area contributed by atoms with Gasteiger partial charge in [-0.15, -0.1) is 0 Å². The van der Waals surface area contributed by atoms with Crippen LogP contribution < -0.4 is 0 Å². The molecule has 3 rings (SSSR count). The van der Waals surface area contributed by atoms with Crippen LogP contribution in [0.3, 0.4) is 0 Å². The van der Waals surface area contributed by atoms with Crippen LogP contribution in [0.5, 0.6) is 0 Å². The predicted molar refractivity (Wildman–Crippen MR) is 80.0 cm³/mol. The van der Waals surface area contributed by atoms with E-state index in [1.165, 1.54) is 11.0 Å². The van der Waals surface area contributed by atoms with Gasteiger partial charge in [-0.2, -0.15) is 5.10 Å². The van der Waals surface area contributed by atoms with Crippen molar-refractivity contribution in [2.24, 2.45) is 5.92 Å². The molecule has 120 valence electrons. The van der Waals surface area contributed by atoms with Crippen molar-refractivity contribution in [2.75, 3.05) is 13.1 Å². The third kappa shape index (κ3) is 3.23. The summed E-state index contributed by atoms with van der Waals surface area (Å²) in [5, 5.41) is 14.8. The molecule has 0 unspecified atom stereocenters. The lowest BCUT2D eigenvalue weighted by atomic mass is 9.97. The highest BCUT2D eigenvalue weighted by atomic mass is 19.1. The molecule has 1 amide bonds. The molecule has 2 atom stereocenters. The van der Waals surface area contributed by atoms with Gasteiger partial charge in [0.05, 0.1) is 6.54 Å². The van der Waals surface area contributed by atoms with Gasteiger partial charge in [-0.3, -0.25) is 9.89 Å². The quantitative estimate of drug-likeness (QED) is 0.899. The van der Waals surface area contributed by atoms with Crippen molar-refractivity contribution in [3.05, 3.63) is 53.3 Å². The molecule has 0 aliphatic carbocycles. The number of carbonyl (C=O) groups excluding carboxylic acids is 1. The van der Waals surface area contributed by atoms with Crippen LogP contribution in [-0.4, -0.2) is 51.3 Å². The molecule has 0 radical (unpaired) electrons. The molecule has 1 saturated heterocycles. The molecule has 0 bridgehead atoms. The number of aromatic nitrogens is 2. The van der Waals surface area contributed by atoms with Gasteiger partial charge in [-0.05, 0) is 12.0 Å². The second-order valence-electron chi connectivity index (χ2n) is 5.65. The number of nitrogens with zero attached hydrogens (tertiary/aromatic N) is 2. The van der Waals surface area contributed by atoms with Gasteiger partial charge in [0, 0.05) is 18.5 Å². The van der Waals surface area contributed by atoms with E-state index in [1.54, 1.807) is 0 Å². The van der Waals surface area contributed by atoms with Gasteiger partial charge in [-0.25, -0.2) is 9.18 Å². The van der Waals surface area contributed by atoms with E-state index in [0.29, 0.717) is 13.0 Å². The number of likely N-dealkylation sites (tertiary alicyclic amines) is 1. The zero-order chi connectivity index (χ0) is 16.4. The number of nitrogens with one attached hydrogen (secondary N) is 1. The molecular formula is C16H16FN3O3. The minimum Gasteiger partial charge on any atom is -0.477 e. The van der Waals surface area contributed by atoms with E-state index in [-0.39, 0.29) is 23.9 Å². The van der Waals surface area contributed by atoms with Crippen LogP contribution in [0.4, 0.5) is 4.39 Å². The Morgan fingerprint density at radius 3 is 2.70 bits per heavy atom. The number of halogens is 1. The third-order valence-corrected chi connectivity index (χ3v) is 4.02. The molecule has 1 aromatic carbocycles. The molecule has 0 spiro atoms. The third-order valence-electron chi connectivity index (χ3n) is 4.02. The summed E-state index contributed by atoms with van der Waals surface area (Å²) in [7, 11) is 0. The van der Waals surface area contributed by atoms with Crippen LogP contribution in [0.1, 0.15) is 26.5 Å². The van der Waals surface area contributed by atoms with E-state index < -0.39 is 18.0 Å². The fourth-order valence-electron chi connectivity index (χ4n) is 2.81. The first-order valence-electron chi connectivity index (χ1n) is 7.30. The molecule has 1 aliphatic rings. The number of hydrogen-bond acceptors (Lipinski definition) is 3. The van der Waals surface area contributed by atoms with Crippen molar-refractivity contribution < 1.29 is 19.1 Å². The van der Waals surface area contributed by atoms with Crippen molar-refractivity contribution in [1.29, 1.82) is 0 Å². The summed E-state index contributed by atoms with van der Waals surface area (Å²) in [6, 6.07) is 10.7. The van der Waals surface area contributed by atoms with E-state index in [1.807, 2.05) is 30.3 Å². The SMILES string of the molecule is O=C(O)c1cc(C(=O)N2C[C@H](Cc3ccccc3)[C@H](F)C2)n[nH]1. The van der Waals surface area contributed by atoms with Crippen molar-refractivity contribution in [3.8, 4) is 0 Å². The van der Waals surface area contributed by atoms with Gasteiger partial charge in [-0.1, -0.05) is 30.3 Å². The molecular weight excluding hydrogens is 301 g/mol. The lowest BCUT2D eigenvalue weighted by Gasteiger charge is -2.14. The second-order valence-corrected chi connectivity index (χ2v) is 5.65. The van der Waals surface area contributed by atoms with Crippen molar-refractivity contribution in [1.82, 2.24) is 15.1 Å². The standard InChI is InChI=1S/C16H16FN3O3/c17-12-9-20(8-11(12)6-10-4-2-1-3-5-10)15(21)13-7-14(16(22)23)19-18-13/h1-5,7,11-12H,6,8-9H2,(H,18,19)(H,22,23)/t11-,12+/m0/s1. The molecule has 2 aromatic rings. The van der Waals surface area contributed by atoms with Gasteiger partial charge in [0.15, 0.2) is 5.69 Å². The Morgan fingerprint density at radius 1 is 1.30 bits per heavy atom. The number of benzene rings is 1. The number of aromatic carboxylic acids is 1. The Kier molecular flexibility index (Phi) is 4.10. The van der Waals surface area contributed by atoms with Gasteiger partial charge in [0.2, 0.25) is 0 Å². The summed E-state index contributed by atoms with van der Waals surface area (Å²) in [4.78, 5) is 24.5. The molecule has 7 heteroatoms. The highest BCUT2D eigenvalue weighted by Crippen LogP contribution is 2.25. The molecule has 2 heterocycles. The zero-order valence-corrected chi connectivity index (χ0v) is 12.3. The first-order valence-corrected chi connectivity index (χ1v) is 7.30. The van der Waals surface area contributed by atoms with E-state index in [2.05, 4.69) is 10.2 Å².